The first-order valence-electron chi connectivity index (χ1n) is 9.93. The molecule has 1 heterocycles. The van der Waals surface area contributed by atoms with Crippen LogP contribution < -0.4 is 15.5 Å². The Morgan fingerprint density at radius 3 is 2.43 bits per heavy atom. The molecule has 2 aromatic rings. The van der Waals surface area contributed by atoms with Crippen LogP contribution >= 0.6 is 11.8 Å². The lowest BCUT2D eigenvalue weighted by Gasteiger charge is -2.37. The van der Waals surface area contributed by atoms with Crippen molar-refractivity contribution in [1.29, 1.82) is 0 Å². The number of para-hydroxylation sites is 1. The number of anilines is 3. The van der Waals surface area contributed by atoms with Crippen LogP contribution in [-0.2, 0) is 4.79 Å². The van der Waals surface area contributed by atoms with Gasteiger partial charge in [0.15, 0.2) is 5.17 Å². The molecule has 4 rings (SSSR count). The Bertz CT molecular complexity index is 920. The van der Waals surface area contributed by atoms with Crippen LogP contribution in [0.3, 0.4) is 0 Å². The van der Waals surface area contributed by atoms with Crippen molar-refractivity contribution in [2.24, 2.45) is 10.9 Å². The number of fused-ring (bicyclic) bond motifs is 1. The molecule has 7 nitrogen and oxygen atoms in total. The summed E-state index contributed by atoms with van der Waals surface area (Å²) in [7, 11) is 3.97. The van der Waals surface area contributed by atoms with E-state index in [2.05, 4.69) is 15.6 Å². The highest BCUT2D eigenvalue weighted by Gasteiger charge is 2.50. The molecule has 2 aromatic carbocycles. The van der Waals surface area contributed by atoms with E-state index >= 15 is 0 Å². The fraction of sp³-hybridized carbons (Fsp3) is 0.364. The van der Waals surface area contributed by atoms with Crippen LogP contribution in [0.2, 0.25) is 0 Å². The van der Waals surface area contributed by atoms with E-state index in [0.717, 1.165) is 11.4 Å². The van der Waals surface area contributed by atoms with Gasteiger partial charge < -0.3 is 25.7 Å². The molecule has 0 radical (unpaired) electrons. The maximum absolute atomic E-state index is 12.9. The molecule has 4 N–H and O–H groups in total. The third kappa shape index (κ3) is 4.30. The van der Waals surface area contributed by atoms with Gasteiger partial charge in [-0.05, 0) is 42.8 Å². The number of amides is 1. The van der Waals surface area contributed by atoms with Gasteiger partial charge in [0.1, 0.15) is 6.10 Å². The number of amidine groups is 1. The van der Waals surface area contributed by atoms with Gasteiger partial charge in [-0.15, -0.1) is 0 Å². The number of benzene rings is 2. The summed E-state index contributed by atoms with van der Waals surface area (Å²) in [4.78, 5) is 19.6. The normalized spacial score (nSPS) is 27.7. The number of aliphatic imine (C=N–C) groups is 1. The zero-order valence-corrected chi connectivity index (χ0v) is 17.7. The molecule has 1 aliphatic carbocycles. The van der Waals surface area contributed by atoms with Crippen molar-refractivity contribution in [3.05, 3.63) is 54.6 Å². The zero-order valence-electron chi connectivity index (χ0n) is 16.9. The van der Waals surface area contributed by atoms with E-state index < -0.39 is 24.2 Å². The SMILES string of the molecule is CN(C)c1ccc(NC2=N[C@H]3[C@@H](O)[C@H](O)C[C@H](C(=O)Nc4ccccc4)[C@H]3S2)cc1. The molecule has 0 aromatic heterocycles. The largest absolute Gasteiger partial charge is 0.390 e. The Balaban J connectivity index is 1.48. The number of carbonyl (C=O) groups is 1. The topological polar surface area (TPSA) is 97.2 Å². The van der Waals surface area contributed by atoms with Crippen molar-refractivity contribution in [3.8, 4) is 0 Å². The second-order valence-electron chi connectivity index (χ2n) is 7.83. The predicted octanol–water partition coefficient (Wildman–Crippen LogP) is 2.38. The predicted molar refractivity (Wildman–Crippen MR) is 122 cm³/mol. The van der Waals surface area contributed by atoms with Gasteiger partial charge in [-0.2, -0.15) is 0 Å². The molecule has 158 valence electrons. The summed E-state index contributed by atoms with van der Waals surface area (Å²) in [5.74, 6) is -0.626. The quantitative estimate of drug-likeness (QED) is 0.599. The molecule has 2 aliphatic rings. The summed E-state index contributed by atoms with van der Waals surface area (Å²) in [6.45, 7) is 0. The summed E-state index contributed by atoms with van der Waals surface area (Å²) in [6, 6.07) is 16.7. The van der Waals surface area contributed by atoms with Crippen LogP contribution in [0.25, 0.3) is 0 Å². The number of carbonyl (C=O) groups excluding carboxylic acids is 1. The minimum atomic E-state index is -0.987. The van der Waals surface area contributed by atoms with Crippen molar-refractivity contribution < 1.29 is 15.0 Å². The Labute approximate surface area is 180 Å². The molecule has 8 heteroatoms. The zero-order chi connectivity index (χ0) is 21.3. The number of aliphatic hydroxyl groups excluding tert-OH is 2. The van der Waals surface area contributed by atoms with Gasteiger partial charge in [-0.3, -0.25) is 9.79 Å². The Morgan fingerprint density at radius 2 is 1.77 bits per heavy atom. The number of nitrogens with zero attached hydrogens (tertiary/aromatic N) is 2. The van der Waals surface area contributed by atoms with Crippen LogP contribution in [0.15, 0.2) is 59.6 Å². The molecular weight excluding hydrogens is 400 g/mol. The smallest absolute Gasteiger partial charge is 0.228 e. The summed E-state index contributed by atoms with van der Waals surface area (Å²) in [6.07, 6.45) is -1.77. The summed E-state index contributed by atoms with van der Waals surface area (Å²) < 4.78 is 0. The number of hydrogen-bond acceptors (Lipinski definition) is 7. The summed E-state index contributed by atoms with van der Waals surface area (Å²) >= 11 is 1.45. The first kappa shape index (κ1) is 20.7. The average Bonchev–Trinajstić information content (AvgIpc) is 3.15. The molecule has 1 saturated carbocycles. The van der Waals surface area contributed by atoms with Crippen molar-refractivity contribution in [2.45, 2.75) is 29.9 Å². The van der Waals surface area contributed by atoms with Crippen LogP contribution in [0.5, 0.6) is 0 Å². The lowest BCUT2D eigenvalue weighted by Crippen LogP contribution is -2.52. The van der Waals surface area contributed by atoms with E-state index in [-0.39, 0.29) is 17.6 Å². The number of thioether (sulfide) groups is 1. The highest BCUT2D eigenvalue weighted by Crippen LogP contribution is 2.41. The molecule has 1 amide bonds. The van der Waals surface area contributed by atoms with Crippen LogP contribution in [0.4, 0.5) is 17.1 Å². The number of rotatable bonds is 4. The van der Waals surface area contributed by atoms with Crippen molar-refractivity contribution >= 4 is 39.9 Å². The molecular formula is C22H26N4O3S. The second kappa shape index (κ2) is 8.67. The van der Waals surface area contributed by atoms with Crippen molar-refractivity contribution in [3.63, 3.8) is 0 Å². The van der Waals surface area contributed by atoms with Gasteiger partial charge in [0, 0.05) is 36.4 Å². The van der Waals surface area contributed by atoms with E-state index in [9.17, 15) is 15.0 Å². The van der Waals surface area contributed by atoms with E-state index in [1.807, 2.05) is 73.6 Å². The molecule has 0 saturated heterocycles. The van der Waals surface area contributed by atoms with E-state index in [1.54, 1.807) is 0 Å². The first-order chi connectivity index (χ1) is 14.4. The van der Waals surface area contributed by atoms with Crippen LogP contribution in [-0.4, -0.2) is 58.9 Å². The second-order valence-corrected chi connectivity index (χ2v) is 9.00. The Hall–Kier alpha value is -2.55. The summed E-state index contributed by atoms with van der Waals surface area (Å²) in [5, 5.41) is 27.4. The van der Waals surface area contributed by atoms with E-state index in [4.69, 9.17) is 0 Å². The Kier molecular flexibility index (Phi) is 5.99. The van der Waals surface area contributed by atoms with Gasteiger partial charge in [-0.25, -0.2) is 0 Å². The third-order valence-corrected chi connectivity index (χ3v) is 6.81. The van der Waals surface area contributed by atoms with E-state index in [1.165, 1.54) is 11.8 Å². The van der Waals surface area contributed by atoms with Crippen LogP contribution in [0.1, 0.15) is 6.42 Å². The molecule has 30 heavy (non-hydrogen) atoms. The Morgan fingerprint density at radius 1 is 1.07 bits per heavy atom. The minimum Gasteiger partial charge on any atom is -0.390 e. The standard InChI is InChI=1S/C22H26N4O3S/c1-26(2)15-10-8-14(9-11-15)24-22-25-18-19(28)17(27)12-16(20(18)30-22)21(29)23-13-6-4-3-5-7-13/h3-11,16-20,27-28H,12H2,1-2H3,(H,23,29)(H,24,25)/t16-,17+,18-,19-,20+/m0/s1. The van der Waals surface area contributed by atoms with Crippen molar-refractivity contribution in [1.82, 2.24) is 0 Å². The van der Waals surface area contributed by atoms with Gasteiger partial charge in [-0.1, -0.05) is 30.0 Å². The molecule has 1 aliphatic heterocycles. The molecule has 0 unspecified atom stereocenters. The van der Waals surface area contributed by atoms with Gasteiger partial charge in [0.2, 0.25) is 5.91 Å². The van der Waals surface area contributed by atoms with Gasteiger partial charge in [0.05, 0.1) is 18.1 Å². The molecule has 0 spiro atoms. The highest BCUT2D eigenvalue weighted by molar-refractivity contribution is 8.15. The fourth-order valence-corrected chi connectivity index (χ4v) is 5.21. The molecule has 1 fully saturated rings. The monoisotopic (exact) mass is 426 g/mol. The van der Waals surface area contributed by atoms with Crippen LogP contribution in [0, 0.1) is 5.92 Å². The van der Waals surface area contributed by atoms with Gasteiger partial charge >= 0.3 is 0 Å². The lowest BCUT2D eigenvalue weighted by atomic mass is 9.81. The summed E-state index contributed by atoms with van der Waals surface area (Å²) in [5.41, 5.74) is 2.68. The number of hydrogen-bond donors (Lipinski definition) is 4. The molecule has 0 bridgehead atoms. The fourth-order valence-electron chi connectivity index (χ4n) is 3.83. The third-order valence-electron chi connectivity index (χ3n) is 5.50. The number of nitrogens with one attached hydrogen (secondary N) is 2. The van der Waals surface area contributed by atoms with Crippen molar-refractivity contribution in [2.75, 3.05) is 29.6 Å². The average molecular weight is 427 g/mol. The number of aliphatic hydroxyl groups is 2. The van der Waals surface area contributed by atoms with E-state index in [0.29, 0.717) is 10.9 Å². The maximum atomic E-state index is 12.9. The lowest BCUT2D eigenvalue weighted by molar-refractivity contribution is -0.124. The van der Waals surface area contributed by atoms with Gasteiger partial charge in [0.25, 0.3) is 0 Å². The minimum absolute atomic E-state index is 0.165. The first-order valence-corrected chi connectivity index (χ1v) is 10.8. The maximum Gasteiger partial charge on any atom is 0.228 e. The highest BCUT2D eigenvalue weighted by atomic mass is 32.2. The molecule has 5 atom stereocenters.